The first-order valence-electron chi connectivity index (χ1n) is 9.47. The number of rotatable bonds is 5. The molecule has 0 saturated carbocycles. The summed E-state index contributed by atoms with van der Waals surface area (Å²) in [5.74, 6) is -0.510. The van der Waals surface area contributed by atoms with Gasteiger partial charge in [0.2, 0.25) is 0 Å². The molecule has 1 heterocycles. The van der Waals surface area contributed by atoms with Crippen LogP contribution in [0.4, 0.5) is 0 Å². The molecule has 0 amide bonds. The fraction of sp³-hybridized carbons (Fsp3) is 0.250. The van der Waals surface area contributed by atoms with E-state index in [1.165, 1.54) is 15.9 Å². The van der Waals surface area contributed by atoms with Crippen molar-refractivity contribution in [3.63, 3.8) is 0 Å². The van der Waals surface area contributed by atoms with E-state index in [0.717, 1.165) is 6.16 Å². The molecule has 1 aliphatic rings. The first-order chi connectivity index (χ1) is 13.1. The summed E-state index contributed by atoms with van der Waals surface area (Å²) in [6.07, 6.45) is 1.02. The molecular weight excluding hydrogens is 478 g/mol. The topological polar surface area (TPSA) is 18.5 Å². The van der Waals surface area contributed by atoms with E-state index in [2.05, 4.69) is 91.0 Å². The van der Waals surface area contributed by atoms with Gasteiger partial charge in [0.15, 0.2) is 5.79 Å². The van der Waals surface area contributed by atoms with Crippen LogP contribution in [0, 0.1) is 0 Å². The van der Waals surface area contributed by atoms with E-state index in [9.17, 15) is 0 Å². The van der Waals surface area contributed by atoms with Gasteiger partial charge in [-0.25, -0.2) is 0 Å². The van der Waals surface area contributed by atoms with Gasteiger partial charge in [0.05, 0.1) is 6.61 Å². The van der Waals surface area contributed by atoms with Crippen LogP contribution in [0.1, 0.15) is 13.8 Å². The Morgan fingerprint density at radius 2 is 1.14 bits per heavy atom. The summed E-state index contributed by atoms with van der Waals surface area (Å²) in [7, 11) is -1.86. The second-order valence-electron chi connectivity index (χ2n) is 7.45. The highest BCUT2D eigenvalue weighted by atomic mass is 127. The van der Waals surface area contributed by atoms with Crippen molar-refractivity contribution in [2.24, 2.45) is 0 Å². The van der Waals surface area contributed by atoms with Crippen molar-refractivity contribution < 1.29 is 33.5 Å². The maximum absolute atomic E-state index is 6.27. The van der Waals surface area contributed by atoms with Gasteiger partial charge in [-0.1, -0.05) is 54.6 Å². The van der Waals surface area contributed by atoms with Gasteiger partial charge in [0.1, 0.15) is 35.4 Å². The van der Waals surface area contributed by atoms with E-state index in [1.54, 1.807) is 0 Å². The van der Waals surface area contributed by atoms with Crippen LogP contribution in [0.5, 0.6) is 0 Å². The summed E-state index contributed by atoms with van der Waals surface area (Å²) in [6.45, 7) is 4.64. The Morgan fingerprint density at radius 1 is 0.750 bits per heavy atom. The molecule has 4 heteroatoms. The molecule has 0 aliphatic carbocycles. The minimum Gasteiger partial charge on any atom is -1.00 e. The fourth-order valence-corrected chi connectivity index (χ4v) is 8.33. The molecule has 28 heavy (non-hydrogen) atoms. The minimum absolute atomic E-state index is 0. The zero-order valence-electron chi connectivity index (χ0n) is 16.3. The molecule has 3 aromatic carbocycles. The predicted octanol–water partition coefficient (Wildman–Crippen LogP) is 1.14. The summed E-state index contributed by atoms with van der Waals surface area (Å²) in [5, 5.41) is 4.15. The van der Waals surface area contributed by atoms with Crippen LogP contribution in [0.2, 0.25) is 0 Å². The Bertz CT molecular complexity index is 772. The molecule has 146 valence electrons. The average molecular weight is 504 g/mol. The lowest BCUT2D eigenvalue weighted by Crippen LogP contribution is -3.00. The minimum atomic E-state index is -1.86. The Labute approximate surface area is 185 Å². The lowest BCUT2D eigenvalue weighted by atomic mass is 10.3. The molecule has 1 saturated heterocycles. The van der Waals surface area contributed by atoms with Crippen molar-refractivity contribution in [1.29, 1.82) is 0 Å². The van der Waals surface area contributed by atoms with Crippen LogP contribution in [-0.4, -0.2) is 24.7 Å². The zero-order valence-corrected chi connectivity index (χ0v) is 19.3. The summed E-state index contributed by atoms with van der Waals surface area (Å²) in [6, 6.07) is 32.8. The first-order valence-corrected chi connectivity index (χ1v) is 11.4. The van der Waals surface area contributed by atoms with Gasteiger partial charge < -0.3 is 33.5 Å². The second kappa shape index (κ2) is 9.04. The normalized spacial score (nSPS) is 18.4. The van der Waals surface area contributed by atoms with Gasteiger partial charge >= 0.3 is 0 Å². The Morgan fingerprint density at radius 3 is 1.46 bits per heavy atom. The zero-order chi connectivity index (χ0) is 18.7. The first kappa shape index (κ1) is 21.4. The molecule has 4 rings (SSSR count). The van der Waals surface area contributed by atoms with Crippen LogP contribution in [0.25, 0.3) is 0 Å². The molecule has 1 aliphatic heterocycles. The molecule has 0 unspecified atom stereocenters. The fourth-order valence-electron chi connectivity index (χ4n) is 3.97. The number of hydrogen-bond acceptors (Lipinski definition) is 2. The quantitative estimate of drug-likeness (QED) is 0.384. The van der Waals surface area contributed by atoms with Crippen molar-refractivity contribution >= 4 is 23.2 Å². The maximum atomic E-state index is 6.27. The summed E-state index contributed by atoms with van der Waals surface area (Å²) < 4.78 is 12.2. The average Bonchev–Trinajstić information content (AvgIpc) is 3.06. The Balaban J connectivity index is 0.00000225. The molecule has 0 radical (unpaired) electrons. The molecule has 0 spiro atoms. The van der Waals surface area contributed by atoms with Gasteiger partial charge in [-0.2, -0.15) is 0 Å². The third-order valence-corrected chi connectivity index (χ3v) is 9.63. The van der Waals surface area contributed by atoms with Gasteiger partial charge in [-0.15, -0.1) is 0 Å². The number of ether oxygens (including phenoxy) is 2. The Hall–Kier alpha value is -1.26. The largest absolute Gasteiger partial charge is 1.00 e. The maximum Gasteiger partial charge on any atom is 0.163 e. The van der Waals surface area contributed by atoms with E-state index in [4.69, 9.17) is 9.47 Å². The molecule has 3 aromatic rings. The van der Waals surface area contributed by atoms with Crippen LogP contribution in [-0.2, 0) is 9.47 Å². The molecule has 0 N–H and O–H groups in total. The summed E-state index contributed by atoms with van der Waals surface area (Å²) in [5.41, 5.74) is 0. The molecular formula is C24H26IO2P. The van der Waals surface area contributed by atoms with E-state index >= 15 is 0 Å². The smallest absolute Gasteiger partial charge is 0.163 e. The number of halogens is 1. The van der Waals surface area contributed by atoms with Crippen molar-refractivity contribution in [3.8, 4) is 0 Å². The van der Waals surface area contributed by atoms with Crippen LogP contribution < -0.4 is 39.9 Å². The molecule has 0 bridgehead atoms. The lowest BCUT2D eigenvalue weighted by Gasteiger charge is -2.29. The number of hydrogen-bond donors (Lipinski definition) is 0. The van der Waals surface area contributed by atoms with Gasteiger partial charge in [-0.05, 0) is 50.2 Å². The lowest BCUT2D eigenvalue weighted by molar-refractivity contribution is -0.135. The van der Waals surface area contributed by atoms with Crippen molar-refractivity contribution in [3.05, 3.63) is 91.0 Å². The van der Waals surface area contributed by atoms with Crippen molar-refractivity contribution in [2.75, 3.05) is 12.8 Å². The van der Waals surface area contributed by atoms with Gasteiger partial charge in [-0.3, -0.25) is 0 Å². The third-order valence-electron chi connectivity index (χ3n) is 5.14. The molecule has 1 atom stereocenters. The standard InChI is InChI=1S/C24H26O2P.HI/c1-24(2)25-18-20(26-24)19-27(21-12-6-3-7-13-21,22-14-8-4-9-15-22)23-16-10-5-11-17-23;/h3-17,20H,18-19H2,1-2H3;1H/q+1;/p-1/t20-;/m0./s1. The van der Waals surface area contributed by atoms with Crippen LogP contribution in [0.15, 0.2) is 91.0 Å². The van der Waals surface area contributed by atoms with E-state index in [-0.39, 0.29) is 30.1 Å². The highest BCUT2D eigenvalue weighted by molar-refractivity contribution is 7.95. The van der Waals surface area contributed by atoms with Gasteiger partial charge in [0, 0.05) is 0 Å². The monoisotopic (exact) mass is 504 g/mol. The van der Waals surface area contributed by atoms with E-state index in [0.29, 0.717) is 6.61 Å². The van der Waals surface area contributed by atoms with Crippen LogP contribution in [0.3, 0.4) is 0 Å². The third kappa shape index (κ3) is 4.33. The molecule has 1 fully saturated rings. The van der Waals surface area contributed by atoms with Crippen molar-refractivity contribution in [1.82, 2.24) is 0 Å². The van der Waals surface area contributed by atoms with E-state index < -0.39 is 13.0 Å². The second-order valence-corrected chi connectivity index (χ2v) is 11.0. The van der Waals surface area contributed by atoms with E-state index in [1.807, 2.05) is 13.8 Å². The molecule has 2 nitrogen and oxygen atoms in total. The highest BCUT2D eigenvalue weighted by Gasteiger charge is 2.49. The predicted molar refractivity (Wildman–Crippen MR) is 115 cm³/mol. The number of benzene rings is 3. The molecule has 0 aromatic heterocycles. The SMILES string of the molecule is CC1(C)OC[C@@H](C[P+](c2ccccc2)(c2ccccc2)c2ccccc2)O1.[I-]. The van der Waals surface area contributed by atoms with Gasteiger partial charge in [0.25, 0.3) is 0 Å². The summed E-state index contributed by atoms with van der Waals surface area (Å²) in [4.78, 5) is 0. The van der Waals surface area contributed by atoms with Crippen molar-refractivity contribution in [2.45, 2.75) is 25.7 Å². The Kier molecular flexibility index (Phi) is 6.93. The highest BCUT2D eigenvalue weighted by Crippen LogP contribution is 2.56. The summed E-state index contributed by atoms with van der Waals surface area (Å²) >= 11 is 0. The van der Waals surface area contributed by atoms with Crippen LogP contribution >= 0.6 is 7.26 Å².